The summed E-state index contributed by atoms with van der Waals surface area (Å²) < 4.78 is 39.8. The lowest BCUT2D eigenvalue weighted by molar-refractivity contribution is 0.263. The van der Waals surface area contributed by atoms with Crippen molar-refractivity contribution in [2.45, 2.75) is 24.2 Å². The molecule has 0 amide bonds. The molecule has 0 spiro atoms. The molecule has 0 radical (unpaired) electrons. The Morgan fingerprint density at radius 2 is 2.05 bits per heavy atom. The van der Waals surface area contributed by atoms with Crippen LogP contribution >= 0.6 is 11.6 Å². The Balaban J connectivity index is 2.10. The first-order chi connectivity index (χ1) is 9.95. The van der Waals surface area contributed by atoms with Gasteiger partial charge in [-0.2, -0.15) is 4.31 Å². The maximum Gasteiger partial charge on any atom is 0.244 e. The molecule has 0 aliphatic carbocycles. The van der Waals surface area contributed by atoms with Crippen molar-refractivity contribution in [1.82, 2.24) is 9.62 Å². The van der Waals surface area contributed by atoms with E-state index in [4.69, 9.17) is 11.6 Å². The number of hydrogen-bond acceptors (Lipinski definition) is 3. The summed E-state index contributed by atoms with van der Waals surface area (Å²) in [7, 11) is -1.81. The lowest BCUT2D eigenvalue weighted by Gasteiger charge is -2.31. The molecule has 1 aromatic carbocycles. The lowest BCUT2D eigenvalue weighted by Crippen LogP contribution is -2.39. The molecule has 2 rings (SSSR count). The molecule has 1 heterocycles. The van der Waals surface area contributed by atoms with Crippen LogP contribution in [0.3, 0.4) is 0 Å². The molecule has 0 aromatic heterocycles. The normalized spacial score (nSPS) is 18.0. The number of halogens is 2. The molecule has 118 valence electrons. The fourth-order valence-corrected chi connectivity index (χ4v) is 4.56. The number of benzene rings is 1. The molecule has 1 saturated heterocycles. The second-order valence-electron chi connectivity index (χ2n) is 5.31. The van der Waals surface area contributed by atoms with E-state index in [1.165, 1.54) is 10.4 Å². The smallest absolute Gasteiger partial charge is 0.244 e. The molecule has 0 unspecified atom stereocenters. The van der Waals surface area contributed by atoms with Crippen molar-refractivity contribution in [1.29, 1.82) is 0 Å². The van der Waals surface area contributed by atoms with Crippen LogP contribution in [0.15, 0.2) is 23.1 Å². The summed E-state index contributed by atoms with van der Waals surface area (Å²) in [6, 6.07) is 3.43. The van der Waals surface area contributed by atoms with Gasteiger partial charge in [-0.05, 0) is 57.0 Å². The van der Waals surface area contributed by atoms with Crippen LogP contribution in [0.25, 0.3) is 0 Å². The fourth-order valence-electron chi connectivity index (χ4n) is 2.60. The minimum Gasteiger partial charge on any atom is -0.320 e. The first-order valence-corrected chi connectivity index (χ1v) is 8.86. The van der Waals surface area contributed by atoms with Gasteiger partial charge in [0, 0.05) is 13.1 Å². The first-order valence-electron chi connectivity index (χ1n) is 7.05. The second-order valence-corrected chi connectivity index (χ2v) is 7.63. The summed E-state index contributed by atoms with van der Waals surface area (Å²) in [6.07, 6.45) is 2.70. The van der Waals surface area contributed by atoms with Crippen LogP contribution in [0.5, 0.6) is 0 Å². The fraction of sp³-hybridized carbons (Fsp3) is 0.571. The number of nitrogens with zero attached hydrogens (tertiary/aromatic N) is 1. The molecule has 0 saturated carbocycles. The molecule has 1 aliphatic rings. The van der Waals surface area contributed by atoms with Crippen molar-refractivity contribution in [2.24, 2.45) is 5.92 Å². The second kappa shape index (κ2) is 7.05. The van der Waals surface area contributed by atoms with E-state index in [2.05, 4.69) is 5.32 Å². The molecule has 1 aliphatic heterocycles. The summed E-state index contributed by atoms with van der Waals surface area (Å²) >= 11 is 5.92. The third-order valence-corrected chi connectivity index (χ3v) is 6.27. The van der Waals surface area contributed by atoms with Crippen LogP contribution in [0.2, 0.25) is 5.02 Å². The maximum absolute atomic E-state index is 13.3. The summed E-state index contributed by atoms with van der Waals surface area (Å²) in [4.78, 5) is -0.141. The van der Waals surface area contributed by atoms with Gasteiger partial charge in [0.1, 0.15) is 10.7 Å². The van der Waals surface area contributed by atoms with Gasteiger partial charge in [0.05, 0.1) is 5.02 Å². The van der Waals surface area contributed by atoms with Crippen LogP contribution in [-0.4, -0.2) is 39.4 Å². The topological polar surface area (TPSA) is 49.4 Å². The van der Waals surface area contributed by atoms with Crippen LogP contribution in [0.1, 0.15) is 19.3 Å². The van der Waals surface area contributed by atoms with Gasteiger partial charge in [0.2, 0.25) is 10.0 Å². The molecule has 7 heteroatoms. The third kappa shape index (κ3) is 3.94. The Morgan fingerprint density at radius 1 is 1.38 bits per heavy atom. The van der Waals surface area contributed by atoms with Gasteiger partial charge in [-0.15, -0.1) is 0 Å². The first kappa shape index (κ1) is 16.7. The zero-order valence-electron chi connectivity index (χ0n) is 12.0. The van der Waals surface area contributed by atoms with Crippen molar-refractivity contribution in [3.05, 3.63) is 29.0 Å². The van der Waals surface area contributed by atoms with E-state index in [0.717, 1.165) is 37.9 Å². The standard InChI is InChI=1S/C14H20ClFN2O2S/c1-17-7-4-11-5-8-18(9-6-11)21(19,20)14-10-12(16)2-3-13(14)15/h2-3,10-11,17H,4-9H2,1H3. The van der Waals surface area contributed by atoms with Crippen LogP contribution in [0.4, 0.5) is 4.39 Å². The van der Waals surface area contributed by atoms with Gasteiger partial charge < -0.3 is 5.32 Å². The Hall–Kier alpha value is -0.690. The van der Waals surface area contributed by atoms with Gasteiger partial charge in [-0.3, -0.25) is 0 Å². The molecular weight excluding hydrogens is 315 g/mol. The third-order valence-electron chi connectivity index (χ3n) is 3.89. The summed E-state index contributed by atoms with van der Waals surface area (Å²) in [5, 5.41) is 3.17. The van der Waals surface area contributed by atoms with Gasteiger partial charge in [0.25, 0.3) is 0 Å². The zero-order chi connectivity index (χ0) is 15.5. The molecule has 1 aromatic rings. The minimum absolute atomic E-state index is 0.0636. The summed E-state index contributed by atoms with van der Waals surface area (Å²) in [5.41, 5.74) is 0. The summed E-state index contributed by atoms with van der Waals surface area (Å²) in [6.45, 7) is 1.86. The van der Waals surface area contributed by atoms with E-state index >= 15 is 0 Å². The minimum atomic E-state index is -3.71. The van der Waals surface area contributed by atoms with Crippen LogP contribution < -0.4 is 5.32 Å². The predicted octanol–water partition coefficient (Wildman–Crippen LogP) is 2.49. The van der Waals surface area contributed by atoms with Gasteiger partial charge >= 0.3 is 0 Å². The maximum atomic E-state index is 13.3. The quantitative estimate of drug-likeness (QED) is 0.900. The number of sulfonamides is 1. The highest BCUT2D eigenvalue weighted by atomic mass is 35.5. The average molecular weight is 335 g/mol. The zero-order valence-corrected chi connectivity index (χ0v) is 13.6. The van der Waals surface area contributed by atoms with E-state index in [9.17, 15) is 12.8 Å². The average Bonchev–Trinajstić information content (AvgIpc) is 2.48. The highest BCUT2D eigenvalue weighted by Crippen LogP contribution is 2.29. The lowest BCUT2D eigenvalue weighted by atomic mass is 9.95. The van der Waals surface area contributed by atoms with Crippen molar-refractivity contribution >= 4 is 21.6 Å². The number of nitrogens with one attached hydrogen (secondary N) is 1. The molecule has 21 heavy (non-hydrogen) atoms. The van der Waals surface area contributed by atoms with Gasteiger partial charge in [-0.1, -0.05) is 11.6 Å². The molecular formula is C14H20ClFN2O2S. The van der Waals surface area contributed by atoms with Crippen LogP contribution in [0, 0.1) is 11.7 Å². The Kier molecular flexibility index (Phi) is 5.60. The molecule has 0 atom stereocenters. The number of piperidine rings is 1. The van der Waals surface area contributed by atoms with Crippen molar-refractivity contribution < 1.29 is 12.8 Å². The van der Waals surface area contributed by atoms with E-state index < -0.39 is 15.8 Å². The van der Waals surface area contributed by atoms with E-state index in [0.29, 0.717) is 19.0 Å². The SMILES string of the molecule is CNCCC1CCN(S(=O)(=O)c2cc(F)ccc2Cl)CC1. The Morgan fingerprint density at radius 3 is 2.67 bits per heavy atom. The molecule has 0 bridgehead atoms. The summed E-state index contributed by atoms with van der Waals surface area (Å²) in [5.74, 6) is -0.0613. The Labute approximate surface area is 130 Å². The van der Waals surface area contributed by atoms with Crippen LogP contribution in [-0.2, 0) is 10.0 Å². The molecule has 1 N–H and O–H groups in total. The highest BCUT2D eigenvalue weighted by Gasteiger charge is 2.30. The van der Waals surface area contributed by atoms with Gasteiger partial charge in [0.15, 0.2) is 0 Å². The highest BCUT2D eigenvalue weighted by molar-refractivity contribution is 7.89. The molecule has 4 nitrogen and oxygen atoms in total. The van der Waals surface area contributed by atoms with Crippen molar-refractivity contribution in [3.63, 3.8) is 0 Å². The van der Waals surface area contributed by atoms with E-state index in [-0.39, 0.29) is 9.92 Å². The molecule has 1 fully saturated rings. The van der Waals surface area contributed by atoms with Crippen molar-refractivity contribution in [3.8, 4) is 0 Å². The van der Waals surface area contributed by atoms with Crippen molar-refractivity contribution in [2.75, 3.05) is 26.7 Å². The predicted molar refractivity (Wildman–Crippen MR) is 81.4 cm³/mol. The Bertz CT molecular complexity index is 587. The van der Waals surface area contributed by atoms with Gasteiger partial charge in [-0.25, -0.2) is 12.8 Å². The number of hydrogen-bond donors (Lipinski definition) is 1. The van der Waals surface area contributed by atoms with E-state index in [1.807, 2.05) is 7.05 Å². The van der Waals surface area contributed by atoms with E-state index in [1.54, 1.807) is 0 Å². The monoisotopic (exact) mass is 334 g/mol. The number of rotatable bonds is 5. The largest absolute Gasteiger partial charge is 0.320 e.